The first kappa shape index (κ1) is 12.2. The molecule has 1 heterocycles. The monoisotopic (exact) mass is 262 g/mol. The van der Waals surface area contributed by atoms with Gasteiger partial charge in [-0.25, -0.2) is 0 Å². The van der Waals surface area contributed by atoms with Crippen LogP contribution >= 0.6 is 12.2 Å². The predicted octanol–water partition coefficient (Wildman–Crippen LogP) is 1.45. The van der Waals surface area contributed by atoms with Crippen LogP contribution in [0.4, 0.5) is 5.69 Å². The van der Waals surface area contributed by atoms with Crippen molar-refractivity contribution in [2.75, 3.05) is 5.32 Å². The van der Waals surface area contributed by atoms with Crippen LogP contribution in [-0.2, 0) is 4.79 Å². The van der Waals surface area contributed by atoms with Crippen LogP contribution < -0.4 is 10.9 Å². The van der Waals surface area contributed by atoms with Gasteiger partial charge in [0.05, 0.1) is 0 Å². The van der Waals surface area contributed by atoms with Gasteiger partial charge in [0.15, 0.2) is 10.5 Å². The van der Waals surface area contributed by atoms with E-state index in [-0.39, 0.29) is 21.9 Å². The minimum absolute atomic E-state index is 0.150. The van der Waals surface area contributed by atoms with Gasteiger partial charge in [0.1, 0.15) is 0 Å². The van der Waals surface area contributed by atoms with E-state index in [1.54, 1.807) is 24.3 Å². The average molecular weight is 262 g/mol. The summed E-state index contributed by atoms with van der Waals surface area (Å²) in [4.78, 5) is 24.9. The minimum Gasteiger partial charge on any atom is -0.326 e. The van der Waals surface area contributed by atoms with Crippen LogP contribution in [0.5, 0.6) is 0 Å². The van der Waals surface area contributed by atoms with E-state index in [0.717, 1.165) is 0 Å². The number of carbonyl (C=O) groups is 1. The molecule has 1 aromatic heterocycles. The van der Waals surface area contributed by atoms with Crippen LogP contribution in [0.25, 0.3) is 11.3 Å². The summed E-state index contributed by atoms with van der Waals surface area (Å²) < 4.78 is 0.179. The number of carbonyl (C=O) groups excluding carboxylic acids is 1. The van der Waals surface area contributed by atoms with Gasteiger partial charge < -0.3 is 5.32 Å². The topological polar surface area (TPSA) is 90.6 Å². The summed E-state index contributed by atoms with van der Waals surface area (Å²) in [6.45, 7) is 1.43. The highest BCUT2D eigenvalue weighted by Crippen LogP contribution is 2.15. The number of anilines is 1. The Balaban J connectivity index is 2.37. The second-order valence-electron chi connectivity index (χ2n) is 3.61. The lowest BCUT2D eigenvalue weighted by Gasteiger charge is -2.03. The first-order valence-electron chi connectivity index (χ1n) is 5.13. The maximum Gasteiger partial charge on any atom is 0.278 e. The van der Waals surface area contributed by atoms with E-state index < -0.39 is 0 Å². The molecule has 0 bridgehead atoms. The van der Waals surface area contributed by atoms with Gasteiger partial charge in [-0.2, -0.15) is 5.10 Å². The van der Waals surface area contributed by atoms with Gasteiger partial charge in [-0.1, -0.05) is 12.1 Å². The van der Waals surface area contributed by atoms with E-state index in [2.05, 4.69) is 20.5 Å². The molecule has 92 valence electrons. The van der Waals surface area contributed by atoms with Crippen molar-refractivity contribution in [3.63, 3.8) is 0 Å². The van der Waals surface area contributed by atoms with Crippen molar-refractivity contribution in [2.24, 2.45) is 0 Å². The summed E-state index contributed by atoms with van der Waals surface area (Å²) in [5, 5.41) is 9.04. The summed E-state index contributed by atoms with van der Waals surface area (Å²) in [5.41, 5.74) is 1.19. The van der Waals surface area contributed by atoms with Crippen molar-refractivity contribution in [1.82, 2.24) is 15.2 Å². The Morgan fingerprint density at radius 1 is 1.33 bits per heavy atom. The zero-order chi connectivity index (χ0) is 13.1. The highest BCUT2D eigenvalue weighted by Gasteiger charge is 2.05. The van der Waals surface area contributed by atoms with Crippen molar-refractivity contribution in [1.29, 1.82) is 0 Å². The Hall–Kier alpha value is -2.28. The van der Waals surface area contributed by atoms with Crippen molar-refractivity contribution in [3.05, 3.63) is 39.4 Å². The SMILES string of the molecule is CC(=O)Nc1ccc(-c2n[nH]c(=S)[nH]c2=O)cc1. The zero-order valence-electron chi connectivity index (χ0n) is 9.48. The molecule has 0 spiro atoms. The fourth-order valence-corrected chi connectivity index (χ4v) is 1.60. The summed E-state index contributed by atoms with van der Waals surface area (Å²) in [6, 6.07) is 6.78. The number of aromatic amines is 2. The highest BCUT2D eigenvalue weighted by atomic mass is 32.1. The standard InChI is InChI=1S/C11H10N4O2S/c1-6(16)12-8-4-2-7(3-5-8)9-10(17)13-11(18)15-14-9/h2-5H,1H3,(H,12,16)(H2,13,15,17,18). The molecular weight excluding hydrogens is 252 g/mol. The van der Waals surface area contributed by atoms with Gasteiger partial charge in [0, 0.05) is 18.2 Å². The average Bonchev–Trinajstić information content (AvgIpc) is 2.30. The molecule has 3 N–H and O–H groups in total. The zero-order valence-corrected chi connectivity index (χ0v) is 10.3. The van der Waals surface area contributed by atoms with E-state index in [1.807, 2.05) is 0 Å². The van der Waals surface area contributed by atoms with Crippen molar-refractivity contribution < 1.29 is 4.79 Å². The number of benzene rings is 1. The number of rotatable bonds is 2. The molecule has 1 amide bonds. The maximum absolute atomic E-state index is 11.6. The Bertz CT molecular complexity index is 687. The molecule has 2 aromatic rings. The number of hydrogen-bond acceptors (Lipinski definition) is 4. The predicted molar refractivity (Wildman–Crippen MR) is 69.8 cm³/mol. The number of hydrogen-bond donors (Lipinski definition) is 3. The molecule has 0 radical (unpaired) electrons. The molecule has 0 fully saturated rings. The molecule has 0 atom stereocenters. The third-order valence-corrected chi connectivity index (χ3v) is 2.38. The van der Waals surface area contributed by atoms with Crippen LogP contribution in [0.1, 0.15) is 6.92 Å². The Morgan fingerprint density at radius 3 is 2.56 bits per heavy atom. The van der Waals surface area contributed by atoms with E-state index in [4.69, 9.17) is 12.2 Å². The molecule has 0 aliphatic heterocycles. The first-order chi connectivity index (χ1) is 8.56. The molecule has 6 nitrogen and oxygen atoms in total. The van der Waals surface area contributed by atoms with E-state index in [0.29, 0.717) is 11.3 Å². The van der Waals surface area contributed by atoms with Crippen LogP contribution in [0, 0.1) is 4.77 Å². The van der Waals surface area contributed by atoms with Crippen molar-refractivity contribution in [3.8, 4) is 11.3 Å². The van der Waals surface area contributed by atoms with Gasteiger partial charge in [-0.3, -0.25) is 19.7 Å². The molecule has 1 aromatic carbocycles. The normalized spacial score (nSPS) is 10.1. The largest absolute Gasteiger partial charge is 0.326 e. The molecule has 7 heteroatoms. The van der Waals surface area contributed by atoms with Gasteiger partial charge in [0.25, 0.3) is 5.56 Å². The van der Waals surface area contributed by atoms with Crippen molar-refractivity contribution in [2.45, 2.75) is 6.92 Å². The lowest BCUT2D eigenvalue weighted by atomic mass is 10.1. The van der Waals surface area contributed by atoms with Gasteiger partial charge in [-0.05, 0) is 24.4 Å². The van der Waals surface area contributed by atoms with E-state index >= 15 is 0 Å². The van der Waals surface area contributed by atoms with Crippen LogP contribution in [0.15, 0.2) is 29.1 Å². The molecule has 0 aliphatic rings. The molecule has 18 heavy (non-hydrogen) atoms. The lowest BCUT2D eigenvalue weighted by molar-refractivity contribution is -0.114. The number of nitrogens with one attached hydrogen (secondary N) is 3. The van der Waals surface area contributed by atoms with E-state index in [1.165, 1.54) is 6.92 Å². The van der Waals surface area contributed by atoms with Crippen LogP contribution in [0.2, 0.25) is 0 Å². The summed E-state index contributed by atoms with van der Waals surface area (Å²) in [7, 11) is 0. The minimum atomic E-state index is -0.356. The number of nitrogens with zero attached hydrogens (tertiary/aromatic N) is 1. The molecule has 0 saturated carbocycles. The van der Waals surface area contributed by atoms with Gasteiger partial charge >= 0.3 is 0 Å². The lowest BCUT2D eigenvalue weighted by Crippen LogP contribution is -2.13. The maximum atomic E-state index is 11.6. The van der Waals surface area contributed by atoms with Gasteiger partial charge in [0.2, 0.25) is 5.91 Å². The number of amides is 1. The van der Waals surface area contributed by atoms with Crippen LogP contribution in [-0.4, -0.2) is 21.1 Å². The molecule has 0 aliphatic carbocycles. The smallest absolute Gasteiger partial charge is 0.278 e. The molecule has 0 unspecified atom stereocenters. The third kappa shape index (κ3) is 2.69. The van der Waals surface area contributed by atoms with Gasteiger partial charge in [-0.15, -0.1) is 0 Å². The molecule has 2 rings (SSSR count). The van der Waals surface area contributed by atoms with Crippen molar-refractivity contribution >= 4 is 23.8 Å². The molecule has 0 saturated heterocycles. The Kier molecular flexibility index (Phi) is 3.33. The Labute approximate surface area is 107 Å². The highest BCUT2D eigenvalue weighted by molar-refractivity contribution is 7.71. The second-order valence-corrected chi connectivity index (χ2v) is 4.02. The second kappa shape index (κ2) is 4.92. The fraction of sp³-hybridized carbons (Fsp3) is 0.0909. The summed E-state index contributed by atoms with van der Waals surface area (Å²) >= 11 is 4.76. The first-order valence-corrected chi connectivity index (χ1v) is 5.54. The summed E-state index contributed by atoms with van der Waals surface area (Å²) in [5.74, 6) is -0.150. The fourth-order valence-electron chi connectivity index (χ4n) is 1.46. The quantitative estimate of drug-likeness (QED) is 0.714. The number of H-pyrrole nitrogens is 2. The van der Waals surface area contributed by atoms with Crippen LogP contribution in [0.3, 0.4) is 0 Å². The Morgan fingerprint density at radius 2 is 2.00 bits per heavy atom. The number of aromatic nitrogens is 3. The summed E-state index contributed by atoms with van der Waals surface area (Å²) in [6.07, 6.45) is 0. The third-order valence-electron chi connectivity index (χ3n) is 2.19. The van der Waals surface area contributed by atoms with E-state index in [9.17, 15) is 9.59 Å². The molecular formula is C11H10N4O2S.